The lowest BCUT2D eigenvalue weighted by Crippen LogP contribution is -2.53. The van der Waals surface area contributed by atoms with Crippen molar-refractivity contribution in [3.05, 3.63) is 65.5 Å². The highest BCUT2D eigenvalue weighted by atomic mass is 19.1. The fourth-order valence-corrected chi connectivity index (χ4v) is 3.95. The van der Waals surface area contributed by atoms with Crippen molar-refractivity contribution < 1.29 is 14.0 Å². The minimum absolute atomic E-state index is 0.0444. The number of rotatable bonds is 2. The lowest BCUT2D eigenvalue weighted by atomic mass is 9.91. The number of carbonyl (C=O) groups excluding carboxylic acids is 2. The topological polar surface area (TPSA) is 43.9 Å². The van der Waals surface area contributed by atoms with Crippen LogP contribution in [-0.2, 0) is 16.0 Å². The summed E-state index contributed by atoms with van der Waals surface area (Å²) in [4.78, 5) is 30.9. The second kappa shape index (κ2) is 7.02. The molecular formula is C21H22FN3O2. The minimum Gasteiger partial charge on any atom is -0.366 e. The molecule has 0 saturated carbocycles. The number of fused-ring (bicyclic) bond motifs is 1. The number of likely N-dealkylation sites (N-methyl/N-ethyl adjacent to an activating group) is 1. The Morgan fingerprint density at radius 1 is 1.00 bits per heavy atom. The SMILES string of the molecule is CN1C(=O)Cc2ccccc2[C@H]1C(=O)N1CCN(c2ccccc2F)CC1. The summed E-state index contributed by atoms with van der Waals surface area (Å²) in [6.07, 6.45) is 0.331. The average molecular weight is 367 g/mol. The number of amides is 2. The first kappa shape index (κ1) is 17.5. The molecule has 0 spiro atoms. The minimum atomic E-state index is -0.581. The number of hydrogen-bond acceptors (Lipinski definition) is 3. The second-order valence-electron chi connectivity index (χ2n) is 7.05. The van der Waals surface area contributed by atoms with Crippen LogP contribution in [0.5, 0.6) is 0 Å². The van der Waals surface area contributed by atoms with Crippen molar-refractivity contribution in [3.8, 4) is 0 Å². The Balaban J connectivity index is 1.51. The van der Waals surface area contributed by atoms with Gasteiger partial charge in [0.05, 0.1) is 12.1 Å². The molecule has 2 amide bonds. The molecule has 0 bridgehead atoms. The van der Waals surface area contributed by atoms with E-state index < -0.39 is 6.04 Å². The van der Waals surface area contributed by atoms with E-state index in [1.807, 2.05) is 35.2 Å². The Morgan fingerprint density at radius 2 is 1.67 bits per heavy atom. The number of nitrogens with zero attached hydrogens (tertiary/aromatic N) is 3. The predicted octanol–water partition coefficient (Wildman–Crippen LogP) is 2.23. The molecule has 2 heterocycles. The Labute approximate surface area is 158 Å². The second-order valence-corrected chi connectivity index (χ2v) is 7.05. The molecule has 0 aromatic heterocycles. The van der Waals surface area contributed by atoms with Gasteiger partial charge in [-0.25, -0.2) is 4.39 Å². The fraction of sp³-hybridized carbons (Fsp3) is 0.333. The summed E-state index contributed by atoms with van der Waals surface area (Å²) in [5.41, 5.74) is 2.39. The number of para-hydroxylation sites is 1. The standard InChI is InChI=1S/C21H22FN3O2/c1-23-19(26)14-15-6-2-3-7-16(15)20(23)21(27)25-12-10-24(11-13-25)18-9-5-4-8-17(18)22/h2-9,20H,10-14H2,1H3/t20-/m0/s1. The van der Waals surface area contributed by atoms with E-state index >= 15 is 0 Å². The quantitative estimate of drug-likeness (QED) is 0.818. The number of carbonyl (C=O) groups is 2. The van der Waals surface area contributed by atoms with E-state index in [1.54, 1.807) is 29.0 Å². The van der Waals surface area contributed by atoms with Crippen molar-refractivity contribution in [1.82, 2.24) is 9.80 Å². The van der Waals surface area contributed by atoms with Gasteiger partial charge in [0.15, 0.2) is 0 Å². The molecule has 2 aliphatic heterocycles. The van der Waals surface area contributed by atoms with Crippen molar-refractivity contribution in [2.45, 2.75) is 12.5 Å². The Kier molecular flexibility index (Phi) is 4.56. The van der Waals surface area contributed by atoms with Crippen LogP contribution < -0.4 is 4.90 Å². The summed E-state index contributed by atoms with van der Waals surface area (Å²) < 4.78 is 14.0. The molecular weight excluding hydrogens is 345 g/mol. The molecule has 0 radical (unpaired) electrons. The van der Waals surface area contributed by atoms with Gasteiger partial charge in [-0.15, -0.1) is 0 Å². The normalized spacial score (nSPS) is 19.9. The van der Waals surface area contributed by atoms with Crippen LogP contribution >= 0.6 is 0 Å². The van der Waals surface area contributed by atoms with Crippen LogP contribution in [0, 0.1) is 5.82 Å². The summed E-state index contributed by atoms with van der Waals surface area (Å²) in [5, 5.41) is 0. The van der Waals surface area contributed by atoms with Crippen LogP contribution in [0.2, 0.25) is 0 Å². The number of benzene rings is 2. The van der Waals surface area contributed by atoms with Crippen LogP contribution in [-0.4, -0.2) is 54.8 Å². The maximum atomic E-state index is 14.0. The summed E-state index contributed by atoms with van der Waals surface area (Å²) in [7, 11) is 1.69. The van der Waals surface area contributed by atoms with E-state index in [0.717, 1.165) is 11.1 Å². The average Bonchev–Trinajstić information content (AvgIpc) is 2.69. The molecule has 0 unspecified atom stereocenters. The van der Waals surface area contributed by atoms with Crippen molar-refractivity contribution in [2.24, 2.45) is 0 Å². The lowest BCUT2D eigenvalue weighted by molar-refractivity contribution is -0.145. The number of hydrogen-bond donors (Lipinski definition) is 0. The highest BCUT2D eigenvalue weighted by Crippen LogP contribution is 2.31. The van der Waals surface area contributed by atoms with Gasteiger partial charge in [0.2, 0.25) is 11.8 Å². The molecule has 1 atom stereocenters. The predicted molar refractivity (Wildman–Crippen MR) is 101 cm³/mol. The van der Waals surface area contributed by atoms with Gasteiger partial charge in [-0.3, -0.25) is 9.59 Å². The van der Waals surface area contributed by atoms with Gasteiger partial charge in [0.25, 0.3) is 0 Å². The molecule has 140 valence electrons. The van der Waals surface area contributed by atoms with Gasteiger partial charge in [-0.1, -0.05) is 36.4 Å². The largest absolute Gasteiger partial charge is 0.366 e. The molecule has 4 rings (SSSR count). The maximum Gasteiger partial charge on any atom is 0.250 e. The first-order chi connectivity index (χ1) is 13.1. The summed E-state index contributed by atoms with van der Waals surface area (Å²) in [6.45, 7) is 2.15. The van der Waals surface area contributed by atoms with E-state index in [4.69, 9.17) is 0 Å². The number of anilines is 1. The zero-order valence-electron chi connectivity index (χ0n) is 15.3. The van der Waals surface area contributed by atoms with E-state index in [-0.39, 0.29) is 17.6 Å². The first-order valence-corrected chi connectivity index (χ1v) is 9.18. The van der Waals surface area contributed by atoms with E-state index in [1.165, 1.54) is 6.07 Å². The maximum absolute atomic E-state index is 14.0. The van der Waals surface area contributed by atoms with Crippen LogP contribution in [0.25, 0.3) is 0 Å². The zero-order chi connectivity index (χ0) is 19.0. The van der Waals surface area contributed by atoms with E-state index in [2.05, 4.69) is 0 Å². The van der Waals surface area contributed by atoms with Crippen LogP contribution in [0.15, 0.2) is 48.5 Å². The van der Waals surface area contributed by atoms with Gasteiger partial charge in [-0.05, 0) is 23.3 Å². The molecule has 2 aromatic rings. The Morgan fingerprint density at radius 3 is 2.41 bits per heavy atom. The monoisotopic (exact) mass is 367 g/mol. The molecule has 27 heavy (non-hydrogen) atoms. The van der Waals surface area contributed by atoms with Crippen molar-refractivity contribution in [1.29, 1.82) is 0 Å². The number of piperazine rings is 1. The van der Waals surface area contributed by atoms with Crippen LogP contribution in [0.3, 0.4) is 0 Å². The third-order valence-electron chi connectivity index (χ3n) is 5.49. The van der Waals surface area contributed by atoms with Gasteiger partial charge in [0, 0.05) is 33.2 Å². The van der Waals surface area contributed by atoms with E-state index in [0.29, 0.717) is 38.3 Å². The molecule has 1 fully saturated rings. The van der Waals surface area contributed by atoms with Gasteiger partial charge < -0.3 is 14.7 Å². The zero-order valence-corrected chi connectivity index (χ0v) is 15.3. The van der Waals surface area contributed by atoms with Crippen molar-refractivity contribution in [3.63, 3.8) is 0 Å². The molecule has 6 heteroatoms. The van der Waals surface area contributed by atoms with Crippen molar-refractivity contribution >= 4 is 17.5 Å². The van der Waals surface area contributed by atoms with Gasteiger partial charge >= 0.3 is 0 Å². The molecule has 0 aliphatic carbocycles. The fourth-order valence-electron chi connectivity index (χ4n) is 3.95. The highest BCUT2D eigenvalue weighted by molar-refractivity contribution is 5.92. The summed E-state index contributed by atoms with van der Waals surface area (Å²) in [5.74, 6) is -0.355. The summed E-state index contributed by atoms with van der Waals surface area (Å²) in [6, 6.07) is 13.8. The molecule has 5 nitrogen and oxygen atoms in total. The highest BCUT2D eigenvalue weighted by Gasteiger charge is 2.37. The van der Waals surface area contributed by atoms with Crippen LogP contribution in [0.1, 0.15) is 17.2 Å². The molecule has 2 aromatic carbocycles. The van der Waals surface area contributed by atoms with Crippen molar-refractivity contribution in [2.75, 3.05) is 38.1 Å². The van der Waals surface area contributed by atoms with Gasteiger partial charge in [-0.2, -0.15) is 0 Å². The molecule has 0 N–H and O–H groups in total. The van der Waals surface area contributed by atoms with Crippen LogP contribution in [0.4, 0.5) is 10.1 Å². The van der Waals surface area contributed by atoms with E-state index in [9.17, 15) is 14.0 Å². The third kappa shape index (κ3) is 3.16. The Hall–Kier alpha value is -2.89. The smallest absolute Gasteiger partial charge is 0.250 e. The third-order valence-corrected chi connectivity index (χ3v) is 5.49. The first-order valence-electron chi connectivity index (χ1n) is 9.18. The Bertz CT molecular complexity index is 877. The number of halogens is 1. The van der Waals surface area contributed by atoms with Gasteiger partial charge in [0.1, 0.15) is 11.9 Å². The lowest BCUT2D eigenvalue weighted by Gasteiger charge is -2.40. The molecule has 2 aliphatic rings. The molecule has 1 saturated heterocycles. The summed E-state index contributed by atoms with van der Waals surface area (Å²) >= 11 is 0.